The Morgan fingerprint density at radius 2 is 1.66 bits per heavy atom. The van der Waals surface area contributed by atoms with Gasteiger partial charge in [0.25, 0.3) is 11.8 Å². The molecule has 1 heterocycles. The highest BCUT2D eigenvalue weighted by Gasteiger charge is 2.17. The number of aryl methyl sites for hydroxylation is 1. The molecule has 0 atom stereocenters. The molecule has 3 rings (SSSR count). The Labute approximate surface area is 171 Å². The second-order valence-corrected chi connectivity index (χ2v) is 6.74. The molecule has 2 aromatic carbocycles. The molecule has 1 aromatic heterocycles. The van der Waals surface area contributed by atoms with Crippen molar-refractivity contribution in [2.24, 2.45) is 0 Å². The van der Waals surface area contributed by atoms with E-state index in [1.807, 2.05) is 61.5 Å². The number of carbonyl (C=O) groups is 2. The van der Waals surface area contributed by atoms with Crippen LogP contribution in [0, 0.1) is 0 Å². The molecule has 0 aliphatic carbocycles. The maximum Gasteiger partial charge on any atom is 0.274 e. The molecule has 2 amide bonds. The molecule has 29 heavy (non-hydrogen) atoms. The second kappa shape index (κ2) is 9.64. The van der Waals surface area contributed by atoms with E-state index in [2.05, 4.69) is 17.2 Å². The lowest BCUT2D eigenvalue weighted by molar-refractivity contribution is 0.0752. The topological polar surface area (TPSA) is 62.3 Å². The van der Waals surface area contributed by atoms with Gasteiger partial charge in [0.05, 0.1) is 0 Å². The van der Waals surface area contributed by atoms with Gasteiger partial charge in [-0.15, -0.1) is 0 Å². The lowest BCUT2D eigenvalue weighted by Crippen LogP contribution is -2.30. The molecule has 0 saturated carbocycles. The van der Waals surface area contributed by atoms with Crippen molar-refractivity contribution in [2.75, 3.05) is 11.9 Å². The van der Waals surface area contributed by atoms with E-state index < -0.39 is 0 Å². The number of rotatable bonds is 7. The van der Waals surface area contributed by atoms with Crippen LogP contribution < -0.4 is 5.32 Å². The summed E-state index contributed by atoms with van der Waals surface area (Å²) < 4.78 is 0. The van der Waals surface area contributed by atoms with Crippen molar-refractivity contribution in [1.29, 1.82) is 0 Å². The quantitative estimate of drug-likeness (QED) is 0.646. The number of aromatic nitrogens is 1. The average molecular weight is 387 g/mol. The monoisotopic (exact) mass is 387 g/mol. The zero-order valence-electron chi connectivity index (χ0n) is 16.8. The van der Waals surface area contributed by atoms with E-state index in [1.54, 1.807) is 17.0 Å². The third-order valence-electron chi connectivity index (χ3n) is 4.74. The van der Waals surface area contributed by atoms with Crippen LogP contribution in [-0.4, -0.2) is 28.2 Å². The number of anilines is 1. The van der Waals surface area contributed by atoms with E-state index in [-0.39, 0.29) is 17.5 Å². The highest BCUT2D eigenvalue weighted by Crippen LogP contribution is 2.14. The molecular weight excluding hydrogens is 362 g/mol. The van der Waals surface area contributed by atoms with Crippen LogP contribution in [0.5, 0.6) is 0 Å². The minimum Gasteiger partial charge on any atom is -0.335 e. The average Bonchev–Trinajstić information content (AvgIpc) is 2.78. The molecular formula is C24H25N3O2. The molecule has 0 unspecified atom stereocenters. The number of nitrogens with one attached hydrogen (secondary N) is 1. The normalized spacial score (nSPS) is 10.4. The number of nitrogens with zero attached hydrogens (tertiary/aromatic N) is 2. The van der Waals surface area contributed by atoms with E-state index in [1.165, 1.54) is 11.8 Å². The highest BCUT2D eigenvalue weighted by molar-refractivity contribution is 6.04. The number of amides is 2. The maximum atomic E-state index is 13.0. The minimum absolute atomic E-state index is 0.125. The molecule has 0 fully saturated rings. The Bertz CT molecular complexity index is 969. The van der Waals surface area contributed by atoms with Crippen molar-refractivity contribution >= 4 is 17.5 Å². The van der Waals surface area contributed by atoms with Crippen LogP contribution >= 0.6 is 0 Å². The Kier molecular flexibility index (Phi) is 6.74. The molecule has 5 heteroatoms. The first-order chi connectivity index (χ1) is 14.1. The summed E-state index contributed by atoms with van der Waals surface area (Å²) in [7, 11) is 0. The summed E-state index contributed by atoms with van der Waals surface area (Å²) in [5.74, 6) is -0.463. The molecule has 0 saturated heterocycles. The smallest absolute Gasteiger partial charge is 0.274 e. The summed E-state index contributed by atoms with van der Waals surface area (Å²) in [6.45, 7) is 5.11. The Morgan fingerprint density at radius 3 is 2.31 bits per heavy atom. The van der Waals surface area contributed by atoms with E-state index in [4.69, 9.17) is 0 Å². The molecule has 1 N–H and O–H groups in total. The van der Waals surface area contributed by atoms with Crippen molar-refractivity contribution in [3.8, 4) is 0 Å². The van der Waals surface area contributed by atoms with Gasteiger partial charge < -0.3 is 10.2 Å². The van der Waals surface area contributed by atoms with Gasteiger partial charge in [-0.2, -0.15) is 0 Å². The Morgan fingerprint density at radius 1 is 0.931 bits per heavy atom. The first-order valence-electron chi connectivity index (χ1n) is 9.80. The first-order valence-corrected chi connectivity index (χ1v) is 9.80. The summed E-state index contributed by atoms with van der Waals surface area (Å²) in [5, 5.41) is 2.83. The van der Waals surface area contributed by atoms with Crippen LogP contribution in [0.25, 0.3) is 0 Å². The molecule has 0 aliphatic heterocycles. The van der Waals surface area contributed by atoms with Crippen molar-refractivity contribution in [3.63, 3.8) is 0 Å². The summed E-state index contributed by atoms with van der Waals surface area (Å²) >= 11 is 0. The van der Waals surface area contributed by atoms with Crippen LogP contribution in [0.1, 0.15) is 45.8 Å². The molecule has 148 valence electrons. The number of benzene rings is 2. The minimum atomic E-state index is -0.338. The highest BCUT2D eigenvalue weighted by atomic mass is 16.2. The molecule has 0 spiro atoms. The van der Waals surface area contributed by atoms with E-state index >= 15 is 0 Å². The van der Waals surface area contributed by atoms with Crippen LogP contribution in [0.4, 0.5) is 5.69 Å². The second-order valence-electron chi connectivity index (χ2n) is 6.74. The van der Waals surface area contributed by atoms with Crippen molar-refractivity contribution in [2.45, 2.75) is 26.8 Å². The zero-order chi connectivity index (χ0) is 20.6. The fourth-order valence-corrected chi connectivity index (χ4v) is 3.02. The van der Waals surface area contributed by atoms with Gasteiger partial charge in [0, 0.05) is 30.5 Å². The van der Waals surface area contributed by atoms with E-state index in [9.17, 15) is 9.59 Å². The van der Waals surface area contributed by atoms with Crippen LogP contribution in [0.2, 0.25) is 0 Å². The van der Waals surface area contributed by atoms with Gasteiger partial charge in [-0.05, 0) is 48.7 Å². The number of pyridine rings is 1. The van der Waals surface area contributed by atoms with Crippen LogP contribution in [-0.2, 0) is 13.0 Å². The molecule has 0 bridgehead atoms. The summed E-state index contributed by atoms with van der Waals surface area (Å²) in [6, 6.07) is 20.7. The third kappa shape index (κ3) is 5.29. The lowest BCUT2D eigenvalue weighted by atomic mass is 10.1. The number of carbonyl (C=O) groups excluding carboxylic acids is 2. The van der Waals surface area contributed by atoms with Crippen LogP contribution in [0.15, 0.2) is 72.9 Å². The maximum absolute atomic E-state index is 13.0. The van der Waals surface area contributed by atoms with Crippen molar-refractivity contribution in [3.05, 3.63) is 95.3 Å². The molecule has 0 radical (unpaired) electrons. The van der Waals surface area contributed by atoms with Crippen LogP contribution in [0.3, 0.4) is 0 Å². The molecule has 0 aliphatic rings. The predicted molar refractivity (Wildman–Crippen MR) is 115 cm³/mol. The molecule has 5 nitrogen and oxygen atoms in total. The Hall–Kier alpha value is -3.47. The third-order valence-corrected chi connectivity index (χ3v) is 4.74. The SMILES string of the molecule is CCc1ccc(NC(=O)c2cc(C(=O)N(CC)Cc3ccccc3)ccn2)cc1. The van der Waals surface area contributed by atoms with Gasteiger partial charge in [0.1, 0.15) is 5.69 Å². The molecule has 3 aromatic rings. The number of hydrogen-bond donors (Lipinski definition) is 1. The predicted octanol–water partition coefficient (Wildman–Crippen LogP) is 4.56. The van der Waals surface area contributed by atoms with Gasteiger partial charge in [0.15, 0.2) is 0 Å². The van der Waals surface area contributed by atoms with Gasteiger partial charge in [-0.25, -0.2) is 0 Å². The zero-order valence-corrected chi connectivity index (χ0v) is 16.8. The summed E-state index contributed by atoms with van der Waals surface area (Å²) in [6.07, 6.45) is 2.44. The summed E-state index contributed by atoms with van der Waals surface area (Å²) in [4.78, 5) is 31.4. The van der Waals surface area contributed by atoms with E-state index in [0.717, 1.165) is 12.0 Å². The standard InChI is InChI=1S/C24H25N3O2/c1-3-18-10-12-21(13-11-18)26-23(28)22-16-20(14-15-25-22)24(29)27(4-2)17-19-8-6-5-7-9-19/h5-16H,3-4,17H2,1-2H3,(H,26,28). The fraction of sp³-hybridized carbons (Fsp3) is 0.208. The summed E-state index contributed by atoms with van der Waals surface area (Å²) in [5.41, 5.74) is 3.62. The number of hydrogen-bond acceptors (Lipinski definition) is 3. The van der Waals surface area contributed by atoms with Gasteiger partial charge in [-0.1, -0.05) is 49.4 Å². The van der Waals surface area contributed by atoms with E-state index in [0.29, 0.717) is 24.3 Å². The first kappa shape index (κ1) is 20.3. The Balaban J connectivity index is 1.73. The fourth-order valence-electron chi connectivity index (χ4n) is 3.02. The van der Waals surface area contributed by atoms with Gasteiger partial charge >= 0.3 is 0 Å². The van der Waals surface area contributed by atoms with Crippen molar-refractivity contribution < 1.29 is 9.59 Å². The van der Waals surface area contributed by atoms with Gasteiger partial charge in [0.2, 0.25) is 0 Å². The van der Waals surface area contributed by atoms with Gasteiger partial charge in [-0.3, -0.25) is 14.6 Å². The largest absolute Gasteiger partial charge is 0.335 e. The lowest BCUT2D eigenvalue weighted by Gasteiger charge is -2.21. The van der Waals surface area contributed by atoms with Crippen molar-refractivity contribution in [1.82, 2.24) is 9.88 Å².